The Labute approximate surface area is 325 Å². The van der Waals surface area contributed by atoms with Crippen LogP contribution in [0.3, 0.4) is 0 Å². The van der Waals surface area contributed by atoms with Crippen LogP contribution in [0.5, 0.6) is 0 Å². The second-order valence-corrected chi connectivity index (χ2v) is 14.8. The van der Waals surface area contributed by atoms with Gasteiger partial charge in [-0.15, -0.1) is 52.8 Å². The number of hydrogen-bond donors (Lipinski definition) is 0. The molecule has 4 fully saturated rings. The van der Waals surface area contributed by atoms with E-state index < -0.39 is 0 Å². The van der Waals surface area contributed by atoms with Crippen LogP contribution in [0.2, 0.25) is 0 Å². The maximum Gasteiger partial charge on any atom is -0.0648 e. The fourth-order valence-electron chi connectivity index (χ4n) is 9.27. The van der Waals surface area contributed by atoms with Crippen LogP contribution in [0.4, 0.5) is 0 Å². The minimum absolute atomic E-state index is 0. The number of fused-ring (bicyclic) bond motifs is 4. The molecule has 10 rings (SSSR count). The molecule has 0 heterocycles. The third-order valence-corrected chi connectivity index (χ3v) is 12.0. The summed E-state index contributed by atoms with van der Waals surface area (Å²) in [5.41, 5.74) is 13.2. The monoisotopic (exact) mass is 766 g/mol. The smallest absolute Gasteiger partial charge is 0.0648 e. The van der Waals surface area contributed by atoms with E-state index in [1.807, 2.05) is 24.3 Å². The molecule has 0 N–H and O–H groups in total. The Morgan fingerprint density at radius 1 is 0.776 bits per heavy atom. The van der Waals surface area contributed by atoms with Crippen LogP contribution < -0.4 is 0 Å². The first kappa shape index (κ1) is 41.4. The van der Waals surface area contributed by atoms with Gasteiger partial charge in [0.05, 0.1) is 0 Å². The molecule has 4 bridgehead atoms. The molecule has 0 amide bonds. The molecule has 6 aliphatic rings. The summed E-state index contributed by atoms with van der Waals surface area (Å²) in [5, 5.41) is 2.53. The summed E-state index contributed by atoms with van der Waals surface area (Å²) in [7, 11) is 0. The van der Waals surface area contributed by atoms with Crippen molar-refractivity contribution in [3.8, 4) is 11.1 Å². The van der Waals surface area contributed by atoms with Gasteiger partial charge in [0.1, 0.15) is 0 Å². The van der Waals surface area contributed by atoms with Crippen LogP contribution in [-0.2, 0) is 30.7 Å². The van der Waals surface area contributed by atoms with Gasteiger partial charge in [-0.25, -0.2) is 6.08 Å². The van der Waals surface area contributed by atoms with Gasteiger partial charge in [-0.05, 0) is 92.7 Å². The van der Waals surface area contributed by atoms with Gasteiger partial charge in [0.2, 0.25) is 0 Å². The Balaban J connectivity index is 0.000000194. The largest absolute Gasteiger partial charge is 0.358 e. The molecule has 0 saturated heterocycles. The second kappa shape index (κ2) is 17.4. The number of benzene rings is 4. The molecule has 4 saturated carbocycles. The van der Waals surface area contributed by atoms with E-state index in [0.29, 0.717) is 11.3 Å². The molecule has 4 aromatic carbocycles. The van der Waals surface area contributed by atoms with Gasteiger partial charge in [-0.3, -0.25) is 6.08 Å². The fourth-order valence-corrected chi connectivity index (χ4v) is 9.27. The molecule has 0 aliphatic heterocycles. The minimum Gasteiger partial charge on any atom is -0.358 e. The van der Waals surface area contributed by atoms with Crippen LogP contribution in [0.25, 0.3) is 21.9 Å². The summed E-state index contributed by atoms with van der Waals surface area (Å²) in [6, 6.07) is 27.8. The minimum atomic E-state index is 0. The van der Waals surface area contributed by atoms with Crippen LogP contribution in [0.1, 0.15) is 79.3 Å². The van der Waals surface area contributed by atoms with Gasteiger partial charge < -0.3 is 7.43 Å². The van der Waals surface area contributed by atoms with Crippen molar-refractivity contribution in [3.63, 3.8) is 0 Å². The Kier molecular flexibility index (Phi) is 14.7. The third kappa shape index (κ3) is 8.38. The average molecular weight is 769 g/mol. The number of hydrogen-bond acceptors (Lipinski definition) is 0. The quantitative estimate of drug-likeness (QED) is 0.149. The first-order valence-corrected chi connectivity index (χ1v) is 19.1. The van der Waals surface area contributed by atoms with E-state index in [4.69, 9.17) is 0 Å². The molecule has 49 heavy (non-hydrogen) atoms. The fraction of sp³-hybridized carbons (Fsp3) is 0.391. The SMILES string of the molecule is CC1[C-]=CC(C2(C)C3CC4CC(C3)CC2C4)=C1.Cc1[c-]c2c(cc1C)-c1cc(C)c(C)cc1C2.Cl.Cl.[CH2]=[Zr].[CH3-].[c-]1ccc2ccccc2c1. The number of allylic oxidation sites excluding steroid dienone is 4. The van der Waals surface area contributed by atoms with Crippen molar-refractivity contribution in [3.05, 3.63) is 137 Å². The topological polar surface area (TPSA) is 0 Å². The summed E-state index contributed by atoms with van der Waals surface area (Å²) in [4.78, 5) is 0. The summed E-state index contributed by atoms with van der Waals surface area (Å²) in [6.45, 7) is 13.5. The molecule has 4 aromatic rings. The van der Waals surface area contributed by atoms with Gasteiger partial charge in [0, 0.05) is 0 Å². The Bertz CT molecular complexity index is 1650. The maximum atomic E-state index is 3.54. The van der Waals surface area contributed by atoms with Gasteiger partial charge in [0.15, 0.2) is 0 Å². The van der Waals surface area contributed by atoms with Crippen molar-refractivity contribution in [2.45, 2.75) is 80.1 Å². The Morgan fingerprint density at radius 3 is 1.96 bits per heavy atom. The van der Waals surface area contributed by atoms with Crippen LogP contribution in [0, 0.1) is 88.3 Å². The van der Waals surface area contributed by atoms with E-state index in [-0.39, 0.29) is 32.2 Å². The van der Waals surface area contributed by atoms with E-state index >= 15 is 0 Å². The second-order valence-electron chi connectivity index (χ2n) is 14.8. The molecular formula is C46H54Cl2Zr-4. The van der Waals surface area contributed by atoms with Crippen molar-refractivity contribution in [1.82, 2.24) is 0 Å². The predicted molar refractivity (Wildman–Crippen MR) is 213 cm³/mol. The van der Waals surface area contributed by atoms with Gasteiger partial charge in [-0.2, -0.15) is 59.2 Å². The zero-order valence-corrected chi connectivity index (χ0v) is 34.7. The summed E-state index contributed by atoms with van der Waals surface area (Å²) in [5.74, 6) is 4.68. The van der Waals surface area contributed by atoms with Crippen LogP contribution in [0.15, 0.2) is 78.4 Å². The Morgan fingerprint density at radius 2 is 1.37 bits per heavy atom. The summed E-state index contributed by atoms with van der Waals surface area (Å²) >= 11 is 1.30. The molecule has 0 spiro atoms. The van der Waals surface area contributed by atoms with E-state index in [9.17, 15) is 0 Å². The standard InChI is InChI=1S/C17H23.C17H17.C10H7.CH3.CH2.2ClH.Zr/c1-11-3-4-14(5-11)17(2)15-7-12-6-13(9-15)10-16(17)8-12;1-10-5-14-9-15-6-11(2)13(4)8-17(15)16(14)7-12(10)3;1-2-6-10-8-4-3-7-9(10)5-1;;;;;/h4-5,11-13,15-16H,6-10H2,1-2H3;5,7-8H,9H2,1-4H3;1-3,5-8H;1H3;1H2;2*1H;/q4*-1;;;;. The van der Waals surface area contributed by atoms with Crippen LogP contribution in [-0.4, -0.2) is 4.21 Å². The zero-order valence-electron chi connectivity index (χ0n) is 30.6. The van der Waals surface area contributed by atoms with Crippen molar-refractivity contribution >= 4 is 39.8 Å². The van der Waals surface area contributed by atoms with Crippen molar-refractivity contribution in [1.29, 1.82) is 0 Å². The summed E-state index contributed by atoms with van der Waals surface area (Å²) < 4.78 is 3.34. The zero-order chi connectivity index (χ0) is 32.6. The maximum absolute atomic E-state index is 3.54. The molecule has 0 aromatic heterocycles. The van der Waals surface area contributed by atoms with Crippen LogP contribution >= 0.6 is 24.8 Å². The summed E-state index contributed by atoms with van der Waals surface area (Å²) in [6.07, 6.45) is 17.0. The molecule has 3 heteroatoms. The molecule has 0 radical (unpaired) electrons. The van der Waals surface area contributed by atoms with E-state index in [1.54, 1.807) is 12.0 Å². The average Bonchev–Trinajstić information content (AvgIpc) is 3.64. The van der Waals surface area contributed by atoms with Crippen molar-refractivity contribution in [2.75, 3.05) is 0 Å². The van der Waals surface area contributed by atoms with Crippen molar-refractivity contribution in [2.24, 2.45) is 35.0 Å². The Hall–Kier alpha value is -2.05. The van der Waals surface area contributed by atoms with E-state index in [0.717, 1.165) is 30.1 Å². The predicted octanol–water partition coefficient (Wildman–Crippen LogP) is 12.6. The number of halogens is 2. The third-order valence-electron chi connectivity index (χ3n) is 12.0. The first-order valence-electron chi connectivity index (χ1n) is 17.3. The molecule has 6 aliphatic carbocycles. The first-order chi connectivity index (χ1) is 22.2. The van der Waals surface area contributed by atoms with E-state index in [2.05, 4.69) is 113 Å². The normalized spacial score (nSPS) is 25.7. The molecule has 1 unspecified atom stereocenters. The van der Waals surface area contributed by atoms with Crippen molar-refractivity contribution < 1.29 is 24.2 Å². The van der Waals surface area contributed by atoms with Gasteiger partial charge >= 0.3 is 28.4 Å². The molecule has 260 valence electrons. The van der Waals surface area contributed by atoms with E-state index in [1.165, 1.54) is 105 Å². The van der Waals surface area contributed by atoms with Gasteiger partial charge in [-0.1, -0.05) is 74.9 Å². The number of aryl methyl sites for hydroxylation is 4. The number of rotatable bonds is 1. The van der Waals surface area contributed by atoms with Gasteiger partial charge in [0.25, 0.3) is 0 Å². The molecule has 1 atom stereocenters. The molecular weight excluding hydrogens is 715 g/mol. The molecule has 0 nitrogen and oxygen atoms in total.